The van der Waals surface area contributed by atoms with Crippen molar-refractivity contribution in [2.45, 2.75) is 64.0 Å². The van der Waals surface area contributed by atoms with E-state index in [1.165, 1.54) is 7.11 Å². The summed E-state index contributed by atoms with van der Waals surface area (Å²) in [7, 11) is 1.31. The van der Waals surface area contributed by atoms with Gasteiger partial charge in [0, 0.05) is 19.4 Å². The van der Waals surface area contributed by atoms with Crippen molar-refractivity contribution in [2.75, 3.05) is 13.7 Å². The van der Waals surface area contributed by atoms with Crippen LogP contribution in [-0.2, 0) is 9.47 Å². The fraction of sp³-hybridized carbons (Fsp3) is 0.619. The number of nitrogens with zero attached hydrogens (tertiary/aromatic N) is 1. The number of hydrogen-bond acceptors (Lipinski definition) is 4. The van der Waals surface area contributed by atoms with Crippen molar-refractivity contribution in [1.82, 2.24) is 4.90 Å². The smallest absolute Gasteiger partial charge is 0.410 e. The van der Waals surface area contributed by atoms with E-state index in [2.05, 4.69) is 0 Å². The summed E-state index contributed by atoms with van der Waals surface area (Å²) >= 11 is 0. The van der Waals surface area contributed by atoms with E-state index in [1.54, 1.807) is 49.9 Å². The summed E-state index contributed by atoms with van der Waals surface area (Å²) in [5.74, 6) is -3.07. The molecule has 0 bridgehead atoms. The van der Waals surface area contributed by atoms with Gasteiger partial charge in [0.25, 0.3) is 0 Å². The van der Waals surface area contributed by atoms with Crippen molar-refractivity contribution < 1.29 is 27.8 Å². The second-order valence-electron chi connectivity index (χ2n) is 8.97. The fourth-order valence-corrected chi connectivity index (χ4v) is 4.30. The maximum Gasteiger partial charge on any atom is 0.410 e. The van der Waals surface area contributed by atoms with Crippen LogP contribution in [0.3, 0.4) is 0 Å². The number of ether oxygens (including phenoxy) is 2. The molecule has 5 nitrogen and oxygen atoms in total. The van der Waals surface area contributed by atoms with Crippen molar-refractivity contribution in [3.05, 3.63) is 35.4 Å². The van der Waals surface area contributed by atoms with Gasteiger partial charge in [0.1, 0.15) is 5.60 Å². The molecule has 3 rings (SSSR count). The highest BCUT2D eigenvalue weighted by Gasteiger charge is 2.59. The molecule has 1 saturated carbocycles. The molecule has 0 unspecified atom stereocenters. The summed E-state index contributed by atoms with van der Waals surface area (Å²) in [6, 6.07) is 6.40. The summed E-state index contributed by atoms with van der Waals surface area (Å²) in [5.41, 5.74) is 0.103. The molecular weight excluding hydrogens is 368 g/mol. The van der Waals surface area contributed by atoms with E-state index >= 15 is 0 Å². The highest BCUT2D eigenvalue weighted by Crippen LogP contribution is 2.60. The van der Waals surface area contributed by atoms with Crippen LogP contribution in [0, 0.1) is 5.41 Å². The minimum Gasteiger partial charge on any atom is -0.465 e. The maximum absolute atomic E-state index is 13.6. The molecule has 1 aromatic rings. The van der Waals surface area contributed by atoms with Gasteiger partial charge in [-0.1, -0.05) is 12.1 Å². The minimum absolute atomic E-state index is 0.140. The van der Waals surface area contributed by atoms with E-state index < -0.39 is 29.0 Å². The summed E-state index contributed by atoms with van der Waals surface area (Å²) in [6.45, 7) is 5.75. The van der Waals surface area contributed by atoms with Crippen molar-refractivity contribution in [1.29, 1.82) is 0 Å². The number of piperidine rings is 1. The zero-order valence-corrected chi connectivity index (χ0v) is 16.8. The van der Waals surface area contributed by atoms with Gasteiger partial charge in [-0.3, -0.25) is 0 Å². The number of alkyl halides is 2. The lowest BCUT2D eigenvalue weighted by atomic mass is 9.59. The summed E-state index contributed by atoms with van der Waals surface area (Å²) in [6.07, 6.45) is 0.269. The van der Waals surface area contributed by atoms with Gasteiger partial charge in [-0.05, 0) is 56.7 Å². The second kappa shape index (κ2) is 7.01. The standard InChI is InChI=1S/C21H27F2NO4/c1-19(2,3)28-18(26)24-10-9-20(12-21(22,23)13-20)11-16(24)14-5-7-15(8-6-14)17(25)27-4/h5-8,16H,9-13H2,1-4H3/t16-/m0/s1. The van der Waals surface area contributed by atoms with Crippen LogP contribution in [-0.4, -0.2) is 42.1 Å². The fourth-order valence-electron chi connectivity index (χ4n) is 4.30. The lowest BCUT2D eigenvalue weighted by Gasteiger charge is -2.54. The summed E-state index contributed by atoms with van der Waals surface area (Å²) in [5, 5.41) is 0. The van der Waals surface area contributed by atoms with E-state index in [0.29, 0.717) is 24.9 Å². The number of methoxy groups -OCH3 is 1. The average molecular weight is 395 g/mol. The first-order valence-electron chi connectivity index (χ1n) is 9.49. The summed E-state index contributed by atoms with van der Waals surface area (Å²) < 4.78 is 37.4. The van der Waals surface area contributed by atoms with E-state index in [9.17, 15) is 18.4 Å². The largest absolute Gasteiger partial charge is 0.465 e. The van der Waals surface area contributed by atoms with Crippen LogP contribution in [0.1, 0.15) is 68.4 Å². The number of amides is 1. The summed E-state index contributed by atoms with van der Waals surface area (Å²) in [4.78, 5) is 26.0. The molecule has 1 aromatic carbocycles. The van der Waals surface area contributed by atoms with Crippen molar-refractivity contribution in [3.63, 3.8) is 0 Å². The van der Waals surface area contributed by atoms with Crippen LogP contribution in [0.4, 0.5) is 13.6 Å². The predicted molar refractivity (Wildman–Crippen MR) is 99.3 cm³/mol. The number of carbonyl (C=O) groups is 2. The Morgan fingerprint density at radius 2 is 1.75 bits per heavy atom. The van der Waals surface area contributed by atoms with Gasteiger partial charge >= 0.3 is 12.1 Å². The molecule has 1 heterocycles. The lowest BCUT2D eigenvalue weighted by molar-refractivity contribution is -0.183. The molecule has 1 aliphatic heterocycles. The van der Waals surface area contributed by atoms with Gasteiger partial charge in [-0.15, -0.1) is 0 Å². The third-order valence-corrected chi connectivity index (χ3v) is 5.50. The third kappa shape index (κ3) is 4.28. The highest BCUT2D eigenvalue weighted by molar-refractivity contribution is 5.89. The molecule has 0 N–H and O–H groups in total. The lowest BCUT2D eigenvalue weighted by Crippen LogP contribution is -2.54. The molecule has 1 saturated heterocycles. The number of hydrogen-bond donors (Lipinski definition) is 0. The molecular formula is C21H27F2NO4. The van der Waals surface area contributed by atoms with Crippen LogP contribution in [0.15, 0.2) is 24.3 Å². The van der Waals surface area contributed by atoms with E-state index in [0.717, 1.165) is 5.56 Å². The predicted octanol–water partition coefficient (Wildman–Crippen LogP) is 4.96. The number of likely N-dealkylation sites (tertiary alicyclic amines) is 1. The van der Waals surface area contributed by atoms with Crippen LogP contribution >= 0.6 is 0 Å². The zero-order valence-electron chi connectivity index (χ0n) is 16.8. The van der Waals surface area contributed by atoms with E-state index in [-0.39, 0.29) is 18.9 Å². The highest BCUT2D eigenvalue weighted by atomic mass is 19.3. The SMILES string of the molecule is COC(=O)c1ccc([C@@H]2CC3(CCN2C(=O)OC(C)(C)C)CC(F)(F)C3)cc1. The van der Waals surface area contributed by atoms with Crippen molar-refractivity contribution in [3.8, 4) is 0 Å². The quantitative estimate of drug-likeness (QED) is 0.664. The molecule has 1 amide bonds. The van der Waals surface area contributed by atoms with Gasteiger partial charge in [-0.25, -0.2) is 18.4 Å². The Kier molecular flexibility index (Phi) is 5.15. The Balaban J connectivity index is 1.86. The minimum atomic E-state index is -2.62. The van der Waals surface area contributed by atoms with Crippen LogP contribution in [0.5, 0.6) is 0 Å². The van der Waals surface area contributed by atoms with Crippen LogP contribution < -0.4 is 0 Å². The van der Waals surface area contributed by atoms with Gasteiger partial charge < -0.3 is 14.4 Å². The zero-order chi connectivity index (χ0) is 20.7. The molecule has 1 spiro atoms. The number of benzene rings is 1. The molecule has 0 radical (unpaired) electrons. The number of esters is 1. The van der Waals surface area contributed by atoms with E-state index in [1.807, 2.05) is 0 Å². The molecule has 154 valence electrons. The Bertz CT molecular complexity index is 747. The number of halogens is 2. The van der Waals surface area contributed by atoms with Gasteiger partial charge in [0.15, 0.2) is 0 Å². The Labute approximate surface area is 164 Å². The molecule has 2 fully saturated rings. The molecule has 2 aliphatic rings. The normalized spacial score (nSPS) is 23.1. The Morgan fingerprint density at radius 1 is 1.14 bits per heavy atom. The molecule has 1 atom stereocenters. The molecule has 0 aromatic heterocycles. The second-order valence-corrected chi connectivity index (χ2v) is 8.97. The van der Waals surface area contributed by atoms with Gasteiger partial charge in [-0.2, -0.15) is 0 Å². The Hall–Kier alpha value is -2.18. The molecule has 1 aliphatic carbocycles. The maximum atomic E-state index is 13.6. The third-order valence-electron chi connectivity index (χ3n) is 5.50. The van der Waals surface area contributed by atoms with Gasteiger partial charge in [0.05, 0.1) is 18.7 Å². The first-order chi connectivity index (χ1) is 12.9. The van der Waals surface area contributed by atoms with E-state index in [4.69, 9.17) is 9.47 Å². The first-order valence-corrected chi connectivity index (χ1v) is 9.49. The number of rotatable bonds is 2. The topological polar surface area (TPSA) is 55.8 Å². The Morgan fingerprint density at radius 3 is 2.25 bits per heavy atom. The molecule has 28 heavy (non-hydrogen) atoms. The average Bonchev–Trinajstić information content (AvgIpc) is 2.58. The molecule has 7 heteroatoms. The van der Waals surface area contributed by atoms with Crippen molar-refractivity contribution in [2.24, 2.45) is 5.41 Å². The van der Waals surface area contributed by atoms with Crippen molar-refractivity contribution >= 4 is 12.1 Å². The van der Waals surface area contributed by atoms with Crippen LogP contribution in [0.2, 0.25) is 0 Å². The van der Waals surface area contributed by atoms with Crippen LogP contribution in [0.25, 0.3) is 0 Å². The number of carbonyl (C=O) groups excluding carboxylic acids is 2. The monoisotopic (exact) mass is 395 g/mol. The van der Waals surface area contributed by atoms with Gasteiger partial charge in [0.2, 0.25) is 5.92 Å². The first kappa shape index (κ1) is 20.6.